The van der Waals surface area contributed by atoms with E-state index in [4.69, 9.17) is 10.5 Å². The van der Waals surface area contributed by atoms with Gasteiger partial charge in [-0.15, -0.1) is 11.3 Å². The number of thiophene rings is 1. The van der Waals surface area contributed by atoms with Crippen LogP contribution in [0.1, 0.15) is 29.1 Å². The first-order valence-corrected chi connectivity index (χ1v) is 12.0. The molecule has 1 aliphatic heterocycles. The summed E-state index contributed by atoms with van der Waals surface area (Å²) in [5.41, 5.74) is 6.55. The number of nitrogens with zero attached hydrogens (tertiary/aromatic N) is 3. The molecule has 3 N–H and O–H groups in total. The number of benzene rings is 1. The maximum Gasteiger partial charge on any atom is 0.259 e. The molecular weight excluding hydrogens is 457 g/mol. The molecule has 0 aliphatic carbocycles. The van der Waals surface area contributed by atoms with Gasteiger partial charge in [0.2, 0.25) is 10.0 Å². The summed E-state index contributed by atoms with van der Waals surface area (Å²) < 4.78 is 44.7. The Hall–Kier alpha value is -2.83. The molecule has 32 heavy (non-hydrogen) atoms. The van der Waals surface area contributed by atoms with Crippen LogP contribution in [0.2, 0.25) is 0 Å². The van der Waals surface area contributed by atoms with E-state index in [1.165, 1.54) is 40.2 Å². The summed E-state index contributed by atoms with van der Waals surface area (Å²) in [5.74, 6) is -0.384. The lowest BCUT2D eigenvalue weighted by molar-refractivity contribution is 0.100. The summed E-state index contributed by atoms with van der Waals surface area (Å²) in [4.78, 5) is 21.2. The van der Waals surface area contributed by atoms with Crippen molar-refractivity contribution < 1.29 is 22.3 Å². The molecule has 1 atom stereocenters. The molecule has 2 aromatic heterocycles. The first-order valence-electron chi connectivity index (χ1n) is 9.35. The molecule has 1 saturated heterocycles. The second-order valence-corrected chi connectivity index (χ2v) is 10.2. The van der Waals surface area contributed by atoms with E-state index >= 15 is 0 Å². The minimum absolute atomic E-state index is 0. The molecule has 172 valence electrons. The standard InChI is InChI=1S/C19H20FN5O4S2.CH4/c1-10-15-18(22-9-23-19(15)30-16(10)17(21)26)24-13-4-3-11(20)7-14(13)29-12-5-6-25(8-12)31(2,27)28;/h3-4,7,9,12H,5-6,8H2,1-2H3,(H2,21,26)(H,22,23,24);1H4/t12-;/m1./s1. The third-order valence-electron chi connectivity index (χ3n) is 5.02. The normalized spacial score (nSPS) is 16.7. The molecule has 9 nitrogen and oxygen atoms in total. The van der Waals surface area contributed by atoms with Gasteiger partial charge in [0.05, 0.1) is 28.8 Å². The number of ether oxygens (including phenoxy) is 1. The van der Waals surface area contributed by atoms with E-state index in [2.05, 4.69) is 15.3 Å². The molecule has 1 aliphatic rings. The molecule has 12 heteroatoms. The number of sulfonamides is 1. The van der Waals surface area contributed by atoms with E-state index in [0.29, 0.717) is 45.1 Å². The van der Waals surface area contributed by atoms with Crippen molar-refractivity contribution >= 4 is 49.0 Å². The first kappa shape index (κ1) is 23.8. The number of fused-ring (bicyclic) bond motifs is 1. The Balaban J connectivity index is 0.00000289. The number of carbonyl (C=O) groups is 1. The van der Waals surface area contributed by atoms with Crippen molar-refractivity contribution in [1.82, 2.24) is 14.3 Å². The number of nitrogens with two attached hydrogens (primary N) is 1. The minimum atomic E-state index is -3.32. The SMILES string of the molecule is C.Cc1c(C(N)=O)sc2ncnc(Nc3ccc(F)cc3O[C@@H]3CCN(S(C)(=O)=O)C3)c12. The van der Waals surface area contributed by atoms with Crippen molar-refractivity contribution in [2.45, 2.75) is 26.9 Å². The van der Waals surface area contributed by atoms with Crippen LogP contribution >= 0.6 is 11.3 Å². The highest BCUT2D eigenvalue weighted by Crippen LogP contribution is 2.37. The minimum Gasteiger partial charge on any atom is -0.487 e. The summed E-state index contributed by atoms with van der Waals surface area (Å²) in [7, 11) is -3.32. The third kappa shape index (κ3) is 4.66. The first-order chi connectivity index (χ1) is 14.6. The van der Waals surface area contributed by atoms with Crippen LogP contribution in [0.3, 0.4) is 0 Å². The highest BCUT2D eigenvalue weighted by molar-refractivity contribution is 7.88. The van der Waals surface area contributed by atoms with Gasteiger partial charge in [-0.3, -0.25) is 4.79 Å². The van der Waals surface area contributed by atoms with Crippen molar-refractivity contribution in [1.29, 1.82) is 0 Å². The summed E-state index contributed by atoms with van der Waals surface area (Å²) in [6, 6.07) is 4.03. The van der Waals surface area contributed by atoms with Crippen molar-refractivity contribution in [2.24, 2.45) is 5.73 Å². The van der Waals surface area contributed by atoms with Crippen molar-refractivity contribution in [2.75, 3.05) is 24.7 Å². The molecule has 0 bridgehead atoms. The van der Waals surface area contributed by atoms with Crippen LogP contribution < -0.4 is 15.8 Å². The van der Waals surface area contributed by atoms with Crippen molar-refractivity contribution in [3.8, 4) is 5.75 Å². The molecule has 0 unspecified atom stereocenters. The van der Waals surface area contributed by atoms with Crippen molar-refractivity contribution in [3.05, 3.63) is 40.8 Å². The van der Waals surface area contributed by atoms with Gasteiger partial charge < -0.3 is 15.8 Å². The maximum atomic E-state index is 13.9. The zero-order valence-electron chi connectivity index (χ0n) is 16.8. The van der Waals surface area contributed by atoms with Crippen LogP contribution in [0.15, 0.2) is 24.5 Å². The Kier molecular flexibility index (Phi) is 6.67. The molecule has 4 rings (SSSR count). The largest absolute Gasteiger partial charge is 0.487 e. The lowest BCUT2D eigenvalue weighted by Crippen LogP contribution is -2.30. The van der Waals surface area contributed by atoms with E-state index in [0.717, 1.165) is 6.26 Å². The van der Waals surface area contributed by atoms with Gasteiger partial charge in [0.25, 0.3) is 5.91 Å². The molecule has 0 saturated carbocycles. The Morgan fingerprint density at radius 2 is 2.12 bits per heavy atom. The van der Waals surface area contributed by atoms with Crippen LogP contribution in [-0.4, -0.2) is 54.0 Å². The van der Waals surface area contributed by atoms with Crippen LogP contribution in [-0.2, 0) is 10.0 Å². The van der Waals surface area contributed by atoms with E-state index in [9.17, 15) is 17.6 Å². The van der Waals surface area contributed by atoms with Gasteiger partial charge in [-0.1, -0.05) is 7.43 Å². The van der Waals surface area contributed by atoms with E-state index in [1.54, 1.807) is 6.92 Å². The molecule has 0 spiro atoms. The average Bonchev–Trinajstić information content (AvgIpc) is 3.29. The van der Waals surface area contributed by atoms with Crippen LogP contribution in [0.25, 0.3) is 10.2 Å². The van der Waals surface area contributed by atoms with Crippen LogP contribution in [0.5, 0.6) is 5.75 Å². The van der Waals surface area contributed by atoms with Gasteiger partial charge in [0.1, 0.15) is 34.6 Å². The number of nitrogens with one attached hydrogen (secondary N) is 1. The van der Waals surface area contributed by atoms with Gasteiger partial charge in [-0.25, -0.2) is 22.8 Å². The van der Waals surface area contributed by atoms with Gasteiger partial charge in [0.15, 0.2) is 0 Å². The molecular formula is C20H24FN5O4S2. The number of aromatic nitrogens is 2. The fourth-order valence-electron chi connectivity index (χ4n) is 3.50. The lowest BCUT2D eigenvalue weighted by atomic mass is 10.2. The van der Waals surface area contributed by atoms with Gasteiger partial charge in [-0.2, -0.15) is 4.31 Å². The van der Waals surface area contributed by atoms with E-state index in [-0.39, 0.29) is 19.7 Å². The topological polar surface area (TPSA) is 128 Å². The summed E-state index contributed by atoms with van der Waals surface area (Å²) in [6.45, 7) is 2.30. The molecule has 3 aromatic rings. The zero-order valence-corrected chi connectivity index (χ0v) is 18.4. The highest BCUT2D eigenvalue weighted by Gasteiger charge is 2.30. The van der Waals surface area contributed by atoms with Crippen LogP contribution in [0.4, 0.5) is 15.9 Å². The zero-order chi connectivity index (χ0) is 22.3. The highest BCUT2D eigenvalue weighted by atomic mass is 32.2. The smallest absolute Gasteiger partial charge is 0.259 e. The van der Waals surface area contributed by atoms with Crippen molar-refractivity contribution in [3.63, 3.8) is 0 Å². The number of hydrogen-bond acceptors (Lipinski definition) is 8. The Bertz CT molecular complexity index is 1280. The predicted octanol–water partition coefficient (Wildman–Crippen LogP) is 3.03. The van der Waals surface area contributed by atoms with Crippen LogP contribution in [0, 0.1) is 12.7 Å². The predicted molar refractivity (Wildman–Crippen MR) is 123 cm³/mol. The molecule has 1 fully saturated rings. The second-order valence-electron chi connectivity index (χ2n) is 7.24. The number of amides is 1. The van der Waals surface area contributed by atoms with Gasteiger partial charge in [-0.05, 0) is 31.0 Å². The van der Waals surface area contributed by atoms with Gasteiger partial charge in [0, 0.05) is 12.6 Å². The molecule has 1 aromatic carbocycles. The number of halogens is 1. The van der Waals surface area contributed by atoms with E-state index in [1.807, 2.05) is 0 Å². The number of carbonyl (C=O) groups excluding carboxylic acids is 1. The molecule has 1 amide bonds. The fourth-order valence-corrected chi connectivity index (χ4v) is 5.38. The number of rotatable bonds is 6. The monoisotopic (exact) mass is 481 g/mol. The number of aryl methyl sites for hydroxylation is 1. The third-order valence-corrected chi connectivity index (χ3v) is 7.50. The number of anilines is 2. The van der Waals surface area contributed by atoms with E-state index < -0.39 is 27.9 Å². The fraction of sp³-hybridized carbons (Fsp3) is 0.350. The number of hydrogen-bond donors (Lipinski definition) is 2. The summed E-state index contributed by atoms with van der Waals surface area (Å²) in [6.07, 6.45) is 2.59. The summed E-state index contributed by atoms with van der Waals surface area (Å²) in [5, 5.41) is 3.77. The van der Waals surface area contributed by atoms with Gasteiger partial charge >= 0.3 is 0 Å². The molecule has 0 radical (unpaired) electrons. The second kappa shape index (κ2) is 8.96. The quantitative estimate of drug-likeness (QED) is 0.554. The Morgan fingerprint density at radius 1 is 1.38 bits per heavy atom. The molecule has 3 heterocycles. The Morgan fingerprint density at radius 3 is 2.78 bits per heavy atom. The lowest BCUT2D eigenvalue weighted by Gasteiger charge is -2.18. The average molecular weight is 482 g/mol. The Labute approximate surface area is 189 Å². The summed E-state index contributed by atoms with van der Waals surface area (Å²) >= 11 is 1.17. The number of primary amides is 1. The maximum absolute atomic E-state index is 13.9.